The number of nitrogens with two attached hydrogens (primary N) is 1. The zero-order valence-electron chi connectivity index (χ0n) is 15.4. The van der Waals surface area contributed by atoms with E-state index in [4.69, 9.17) is 15.2 Å². The Morgan fingerprint density at radius 2 is 1.96 bits per heavy atom. The Hall–Kier alpha value is -3.14. The molecule has 0 radical (unpaired) electrons. The fourth-order valence-electron chi connectivity index (χ4n) is 3.09. The smallest absolute Gasteiger partial charge is 0.353 e. The van der Waals surface area contributed by atoms with Crippen LogP contribution in [0.25, 0.3) is 0 Å². The summed E-state index contributed by atoms with van der Waals surface area (Å²) in [5.41, 5.74) is 6.06. The first kappa shape index (κ1) is 18.6. The first-order valence-corrected chi connectivity index (χ1v) is 8.51. The topological polar surface area (TPSA) is 129 Å². The van der Waals surface area contributed by atoms with Gasteiger partial charge >= 0.3 is 5.69 Å². The highest BCUT2D eigenvalue weighted by molar-refractivity contribution is 5.76. The minimum absolute atomic E-state index is 0.0128. The van der Waals surface area contributed by atoms with E-state index in [2.05, 4.69) is 15.3 Å². The number of nitrogens with zero attached hydrogens (tertiary/aromatic N) is 4. The van der Waals surface area contributed by atoms with E-state index in [9.17, 15) is 10.1 Å². The molecule has 0 spiro atoms. The number of ether oxygens (including phenoxy) is 2. The van der Waals surface area contributed by atoms with Crippen LogP contribution in [0.3, 0.4) is 0 Å². The third-order valence-electron chi connectivity index (χ3n) is 4.14. The Kier molecular flexibility index (Phi) is 5.26. The molecule has 1 aromatic carbocycles. The number of benzene rings is 1. The van der Waals surface area contributed by atoms with Gasteiger partial charge in [-0.1, -0.05) is 12.1 Å². The quantitative estimate of drug-likeness (QED) is 0.598. The van der Waals surface area contributed by atoms with E-state index >= 15 is 0 Å². The van der Waals surface area contributed by atoms with Crippen LogP contribution in [0.5, 0.6) is 5.75 Å². The van der Waals surface area contributed by atoms with Crippen molar-refractivity contribution in [3.8, 4) is 5.75 Å². The number of rotatable bonds is 5. The third-order valence-corrected chi connectivity index (χ3v) is 4.14. The molecule has 1 aliphatic heterocycles. The van der Waals surface area contributed by atoms with Crippen molar-refractivity contribution in [2.45, 2.75) is 26.1 Å². The molecule has 0 aliphatic carbocycles. The van der Waals surface area contributed by atoms with E-state index in [1.165, 1.54) is 7.11 Å². The van der Waals surface area contributed by atoms with Crippen molar-refractivity contribution in [3.05, 3.63) is 34.4 Å². The van der Waals surface area contributed by atoms with E-state index in [0.29, 0.717) is 30.5 Å². The van der Waals surface area contributed by atoms with E-state index in [0.717, 1.165) is 0 Å². The standard InChI is InChI=1S/C17H22N6O4/c1-10-8-22(9-11(2)27-10)17-20-15(18)14(23(24)25)16(21-17)19-12-6-4-5-7-13(12)26-3/h4-7,10-11H,8-9H2,1-3H3,(H3,18,19,20,21)/t10-,11-/m0/s1. The predicted molar refractivity (Wildman–Crippen MR) is 102 cm³/mol. The summed E-state index contributed by atoms with van der Waals surface area (Å²) in [7, 11) is 1.52. The van der Waals surface area contributed by atoms with Crippen LogP contribution >= 0.6 is 0 Å². The zero-order chi connectivity index (χ0) is 19.6. The van der Waals surface area contributed by atoms with Gasteiger partial charge in [-0.2, -0.15) is 9.97 Å². The molecular formula is C17H22N6O4. The number of nitrogen functional groups attached to an aromatic ring is 1. The van der Waals surface area contributed by atoms with Gasteiger partial charge in [0.25, 0.3) is 0 Å². The maximum atomic E-state index is 11.5. The third kappa shape index (κ3) is 4.00. The minimum atomic E-state index is -0.596. The Labute approximate surface area is 156 Å². The lowest BCUT2D eigenvalue weighted by atomic mass is 10.2. The monoisotopic (exact) mass is 374 g/mol. The van der Waals surface area contributed by atoms with Crippen molar-refractivity contribution in [2.24, 2.45) is 0 Å². The molecule has 0 saturated carbocycles. The van der Waals surface area contributed by atoms with Crippen LogP contribution in [0.2, 0.25) is 0 Å². The Bertz CT molecular complexity index is 836. The highest BCUT2D eigenvalue weighted by Crippen LogP contribution is 2.35. The first-order valence-electron chi connectivity index (χ1n) is 8.51. The summed E-state index contributed by atoms with van der Waals surface area (Å²) in [6.45, 7) is 5.03. The molecule has 1 aromatic heterocycles. The van der Waals surface area contributed by atoms with Gasteiger partial charge in [-0.3, -0.25) is 10.1 Å². The maximum absolute atomic E-state index is 11.5. The number of anilines is 4. The summed E-state index contributed by atoms with van der Waals surface area (Å²) in [6.07, 6.45) is -0.0289. The molecule has 10 nitrogen and oxygen atoms in total. The van der Waals surface area contributed by atoms with E-state index in [-0.39, 0.29) is 29.5 Å². The van der Waals surface area contributed by atoms with Gasteiger partial charge in [-0.15, -0.1) is 0 Å². The molecule has 27 heavy (non-hydrogen) atoms. The SMILES string of the molecule is COc1ccccc1Nc1nc(N2C[C@H](C)O[C@@H](C)C2)nc(N)c1[N+](=O)[O-]. The zero-order valence-corrected chi connectivity index (χ0v) is 15.4. The number of hydrogen-bond acceptors (Lipinski definition) is 9. The molecule has 0 amide bonds. The summed E-state index contributed by atoms with van der Waals surface area (Å²) in [5, 5.41) is 14.5. The predicted octanol–water partition coefficient (Wildman–Crippen LogP) is 2.33. The molecule has 0 unspecified atom stereocenters. The summed E-state index contributed by atoms with van der Waals surface area (Å²) in [5.74, 6) is 0.657. The summed E-state index contributed by atoms with van der Waals surface area (Å²) >= 11 is 0. The van der Waals surface area contributed by atoms with Crippen LogP contribution in [0.15, 0.2) is 24.3 Å². The fraction of sp³-hybridized carbons (Fsp3) is 0.412. The van der Waals surface area contributed by atoms with E-state index in [1.807, 2.05) is 18.7 Å². The van der Waals surface area contributed by atoms with Crippen molar-refractivity contribution < 1.29 is 14.4 Å². The molecule has 2 atom stereocenters. The molecule has 144 valence electrons. The summed E-state index contributed by atoms with van der Waals surface area (Å²) in [4.78, 5) is 21.4. The molecule has 1 fully saturated rings. The van der Waals surface area contributed by atoms with Crippen molar-refractivity contribution in [2.75, 3.05) is 36.1 Å². The van der Waals surface area contributed by atoms with Crippen LogP contribution in [-0.4, -0.2) is 47.3 Å². The molecule has 0 bridgehead atoms. The Morgan fingerprint density at radius 3 is 2.59 bits per heavy atom. The van der Waals surface area contributed by atoms with Gasteiger partial charge in [0.05, 0.1) is 29.9 Å². The average molecular weight is 374 g/mol. The maximum Gasteiger partial charge on any atom is 0.353 e. The number of hydrogen-bond donors (Lipinski definition) is 2. The number of nitrogens with one attached hydrogen (secondary N) is 1. The second-order valence-corrected chi connectivity index (χ2v) is 6.35. The second-order valence-electron chi connectivity index (χ2n) is 6.35. The van der Waals surface area contributed by atoms with Crippen molar-refractivity contribution in [1.82, 2.24) is 9.97 Å². The number of methoxy groups -OCH3 is 1. The van der Waals surface area contributed by atoms with E-state index in [1.54, 1.807) is 24.3 Å². The number of morpholine rings is 1. The molecule has 2 heterocycles. The van der Waals surface area contributed by atoms with Gasteiger partial charge in [0, 0.05) is 13.1 Å². The lowest BCUT2D eigenvalue weighted by molar-refractivity contribution is -0.383. The Balaban J connectivity index is 2.03. The molecule has 1 aliphatic rings. The minimum Gasteiger partial charge on any atom is -0.495 e. The van der Waals surface area contributed by atoms with Crippen LogP contribution in [0, 0.1) is 10.1 Å². The Morgan fingerprint density at radius 1 is 1.30 bits per heavy atom. The van der Waals surface area contributed by atoms with Gasteiger partial charge in [0.2, 0.25) is 17.6 Å². The van der Waals surface area contributed by atoms with Crippen molar-refractivity contribution in [3.63, 3.8) is 0 Å². The lowest BCUT2D eigenvalue weighted by Crippen LogP contribution is -2.46. The molecule has 3 rings (SSSR count). The molecular weight excluding hydrogens is 352 g/mol. The number of nitro groups is 1. The highest BCUT2D eigenvalue weighted by atomic mass is 16.6. The van der Waals surface area contributed by atoms with Crippen LogP contribution < -0.4 is 20.7 Å². The molecule has 3 N–H and O–H groups in total. The van der Waals surface area contributed by atoms with Gasteiger partial charge < -0.3 is 25.4 Å². The first-order chi connectivity index (χ1) is 12.9. The van der Waals surface area contributed by atoms with Gasteiger partial charge in [-0.25, -0.2) is 0 Å². The van der Waals surface area contributed by atoms with Gasteiger partial charge in [0.1, 0.15) is 5.75 Å². The highest BCUT2D eigenvalue weighted by Gasteiger charge is 2.29. The number of aromatic nitrogens is 2. The van der Waals surface area contributed by atoms with Gasteiger partial charge in [0.15, 0.2) is 0 Å². The summed E-state index contributed by atoms with van der Waals surface area (Å²) in [6, 6.07) is 7.06. The molecule has 1 saturated heterocycles. The summed E-state index contributed by atoms with van der Waals surface area (Å²) < 4.78 is 11.0. The van der Waals surface area contributed by atoms with Crippen LogP contribution in [-0.2, 0) is 4.74 Å². The lowest BCUT2D eigenvalue weighted by Gasteiger charge is -2.35. The van der Waals surface area contributed by atoms with Crippen LogP contribution in [0.4, 0.5) is 29.0 Å². The second kappa shape index (κ2) is 7.62. The largest absolute Gasteiger partial charge is 0.495 e. The van der Waals surface area contributed by atoms with Gasteiger partial charge in [-0.05, 0) is 26.0 Å². The van der Waals surface area contributed by atoms with Crippen molar-refractivity contribution >= 4 is 29.0 Å². The van der Waals surface area contributed by atoms with Crippen molar-refractivity contribution in [1.29, 1.82) is 0 Å². The normalized spacial score (nSPS) is 19.6. The van der Waals surface area contributed by atoms with Crippen LogP contribution in [0.1, 0.15) is 13.8 Å². The number of para-hydroxylation sites is 2. The average Bonchev–Trinajstić information content (AvgIpc) is 2.60. The molecule has 10 heteroatoms. The fourth-order valence-corrected chi connectivity index (χ4v) is 3.09. The molecule has 2 aromatic rings. The van der Waals surface area contributed by atoms with E-state index < -0.39 is 4.92 Å².